The van der Waals surface area contributed by atoms with Crippen molar-refractivity contribution in [3.05, 3.63) is 59.7 Å². The largest absolute Gasteiger partial charge is 0.484 e. The Labute approximate surface area is 178 Å². The number of alkyl halides is 3. The van der Waals surface area contributed by atoms with E-state index < -0.39 is 12.8 Å². The third kappa shape index (κ3) is 9.12. The summed E-state index contributed by atoms with van der Waals surface area (Å²) >= 11 is 0. The summed E-state index contributed by atoms with van der Waals surface area (Å²) in [7, 11) is 0. The average Bonchev–Trinajstić information content (AvgIpc) is 2.74. The van der Waals surface area contributed by atoms with Crippen molar-refractivity contribution in [2.24, 2.45) is 4.99 Å². The van der Waals surface area contributed by atoms with Crippen molar-refractivity contribution >= 4 is 17.6 Å². The number of anilines is 1. The normalized spacial score (nSPS) is 11.4. The van der Waals surface area contributed by atoms with Crippen molar-refractivity contribution in [2.45, 2.75) is 19.6 Å². The maximum Gasteiger partial charge on any atom is 0.422 e. The molecule has 2 aromatic carbocycles. The molecule has 0 saturated carbocycles. The molecule has 0 fully saturated rings. The number of carbonyl (C=O) groups excluding carboxylic acids is 1. The second kappa shape index (κ2) is 11.5. The van der Waals surface area contributed by atoms with Gasteiger partial charge in [-0.3, -0.25) is 4.79 Å². The molecule has 0 aliphatic heterocycles. The van der Waals surface area contributed by atoms with Crippen LogP contribution >= 0.6 is 0 Å². The number of hydrogen-bond donors (Lipinski definition) is 3. The Morgan fingerprint density at radius 2 is 1.90 bits per heavy atom. The van der Waals surface area contributed by atoms with Crippen LogP contribution in [-0.4, -0.2) is 37.7 Å². The molecule has 31 heavy (non-hydrogen) atoms. The maximum atomic E-state index is 12.2. The Morgan fingerprint density at radius 1 is 1.16 bits per heavy atom. The summed E-state index contributed by atoms with van der Waals surface area (Å²) in [6, 6.07) is 13.1. The second-order valence-electron chi connectivity index (χ2n) is 6.37. The van der Waals surface area contributed by atoms with Gasteiger partial charge in [-0.2, -0.15) is 13.2 Å². The van der Waals surface area contributed by atoms with Gasteiger partial charge in [0.15, 0.2) is 12.6 Å². The second-order valence-corrected chi connectivity index (χ2v) is 6.37. The summed E-state index contributed by atoms with van der Waals surface area (Å²) < 4.78 is 41.3. The van der Waals surface area contributed by atoms with E-state index in [1.54, 1.807) is 36.4 Å². The van der Waals surface area contributed by atoms with Crippen LogP contribution in [-0.2, 0) is 11.3 Å². The number of ether oxygens (including phenoxy) is 1. The number of halogens is 3. The standard InChI is InChI=1S/C22H23F3N4O2/c1-3-16-6-5-7-18(12-16)29-20(30)14-28-21(26-4-2)27-13-17-8-10-19(11-9-17)31-15-22(23,24)25/h1,5-12H,4,13-15H2,2H3,(H,29,30)(H2,26,27,28). The van der Waals surface area contributed by atoms with Crippen molar-refractivity contribution in [2.75, 3.05) is 25.0 Å². The van der Waals surface area contributed by atoms with Crippen LogP contribution in [0.5, 0.6) is 5.75 Å². The van der Waals surface area contributed by atoms with E-state index in [1.165, 1.54) is 12.1 Å². The van der Waals surface area contributed by atoms with Gasteiger partial charge in [-0.15, -0.1) is 6.42 Å². The van der Waals surface area contributed by atoms with Gasteiger partial charge in [0.25, 0.3) is 0 Å². The van der Waals surface area contributed by atoms with E-state index >= 15 is 0 Å². The molecule has 0 aliphatic carbocycles. The van der Waals surface area contributed by atoms with Crippen LogP contribution in [0.1, 0.15) is 18.1 Å². The molecule has 6 nitrogen and oxygen atoms in total. The smallest absolute Gasteiger partial charge is 0.422 e. The van der Waals surface area contributed by atoms with Gasteiger partial charge < -0.3 is 20.7 Å². The summed E-state index contributed by atoms with van der Waals surface area (Å²) in [4.78, 5) is 16.5. The van der Waals surface area contributed by atoms with E-state index in [4.69, 9.17) is 6.42 Å². The number of aliphatic imine (C=N–C) groups is 1. The van der Waals surface area contributed by atoms with Gasteiger partial charge in [0, 0.05) is 17.8 Å². The Bertz CT molecular complexity index is 935. The van der Waals surface area contributed by atoms with Gasteiger partial charge in [-0.05, 0) is 42.8 Å². The zero-order chi connectivity index (χ0) is 22.7. The van der Waals surface area contributed by atoms with E-state index in [9.17, 15) is 18.0 Å². The Morgan fingerprint density at radius 3 is 2.55 bits per heavy atom. The third-order valence-electron chi connectivity index (χ3n) is 3.82. The van der Waals surface area contributed by atoms with E-state index in [-0.39, 0.29) is 24.7 Å². The van der Waals surface area contributed by atoms with Gasteiger partial charge >= 0.3 is 6.18 Å². The van der Waals surface area contributed by atoms with Crippen LogP contribution in [0.3, 0.4) is 0 Å². The summed E-state index contributed by atoms with van der Waals surface area (Å²) in [6.45, 7) is 1.38. The highest BCUT2D eigenvalue weighted by Crippen LogP contribution is 2.19. The monoisotopic (exact) mass is 432 g/mol. The minimum atomic E-state index is -4.38. The zero-order valence-electron chi connectivity index (χ0n) is 16.9. The summed E-state index contributed by atoms with van der Waals surface area (Å²) in [6.07, 6.45) is 0.969. The first-order valence-corrected chi connectivity index (χ1v) is 9.46. The Kier molecular flexibility index (Phi) is 8.76. The number of amides is 1. The van der Waals surface area contributed by atoms with Gasteiger partial charge in [-0.25, -0.2) is 4.99 Å². The van der Waals surface area contributed by atoms with E-state index in [1.807, 2.05) is 6.92 Å². The molecule has 2 aromatic rings. The highest BCUT2D eigenvalue weighted by molar-refractivity contribution is 5.95. The van der Waals surface area contributed by atoms with Crippen molar-refractivity contribution in [3.63, 3.8) is 0 Å². The number of terminal acetylenes is 1. The van der Waals surface area contributed by atoms with Crippen molar-refractivity contribution in [3.8, 4) is 18.1 Å². The number of rotatable bonds is 8. The van der Waals surface area contributed by atoms with Crippen LogP contribution in [0.4, 0.5) is 18.9 Å². The molecule has 164 valence electrons. The van der Waals surface area contributed by atoms with Crippen molar-refractivity contribution in [1.82, 2.24) is 10.6 Å². The van der Waals surface area contributed by atoms with Gasteiger partial charge in [-0.1, -0.05) is 24.1 Å². The number of hydrogen-bond acceptors (Lipinski definition) is 3. The van der Waals surface area contributed by atoms with Gasteiger partial charge in [0.2, 0.25) is 5.91 Å². The molecule has 0 aromatic heterocycles. The first-order valence-electron chi connectivity index (χ1n) is 9.46. The highest BCUT2D eigenvalue weighted by atomic mass is 19.4. The highest BCUT2D eigenvalue weighted by Gasteiger charge is 2.28. The van der Waals surface area contributed by atoms with Gasteiger partial charge in [0.05, 0.1) is 13.1 Å². The molecule has 0 heterocycles. The summed E-state index contributed by atoms with van der Waals surface area (Å²) in [5.74, 6) is 2.78. The lowest BCUT2D eigenvalue weighted by Crippen LogP contribution is -2.41. The maximum absolute atomic E-state index is 12.2. The molecular weight excluding hydrogens is 409 g/mol. The van der Waals surface area contributed by atoms with E-state index in [0.717, 1.165) is 5.56 Å². The number of guanidine groups is 1. The molecule has 0 bridgehead atoms. The van der Waals surface area contributed by atoms with Gasteiger partial charge in [0.1, 0.15) is 5.75 Å². The first-order chi connectivity index (χ1) is 14.8. The van der Waals surface area contributed by atoms with E-state index in [2.05, 4.69) is 31.6 Å². The predicted molar refractivity (Wildman–Crippen MR) is 114 cm³/mol. The fraction of sp³-hybridized carbons (Fsp3) is 0.273. The lowest BCUT2D eigenvalue weighted by atomic mass is 10.2. The van der Waals surface area contributed by atoms with Crippen molar-refractivity contribution < 1.29 is 22.7 Å². The SMILES string of the molecule is C#Cc1cccc(NC(=O)CNC(=NCc2ccc(OCC(F)(F)F)cc2)NCC)c1. The quantitative estimate of drug-likeness (QED) is 0.340. The van der Waals surface area contributed by atoms with Crippen molar-refractivity contribution in [1.29, 1.82) is 0 Å². The molecule has 9 heteroatoms. The lowest BCUT2D eigenvalue weighted by Gasteiger charge is -2.12. The Hall–Kier alpha value is -3.67. The Balaban J connectivity index is 1.88. The predicted octanol–water partition coefficient (Wildman–Crippen LogP) is 3.30. The first kappa shape index (κ1) is 23.6. The number of carbonyl (C=O) groups is 1. The van der Waals surface area contributed by atoms with E-state index in [0.29, 0.717) is 23.8 Å². The lowest BCUT2D eigenvalue weighted by molar-refractivity contribution is -0.153. The average molecular weight is 432 g/mol. The fourth-order valence-electron chi connectivity index (χ4n) is 2.42. The number of nitrogens with zero attached hydrogens (tertiary/aromatic N) is 1. The molecule has 0 aliphatic rings. The molecule has 0 atom stereocenters. The van der Waals surface area contributed by atoms with Crippen LogP contribution in [0, 0.1) is 12.3 Å². The minimum Gasteiger partial charge on any atom is -0.484 e. The number of benzene rings is 2. The molecule has 0 unspecified atom stereocenters. The topological polar surface area (TPSA) is 74.8 Å². The summed E-state index contributed by atoms with van der Waals surface area (Å²) in [5.41, 5.74) is 2.03. The molecular formula is C22H23F3N4O2. The molecule has 0 saturated heterocycles. The summed E-state index contributed by atoms with van der Waals surface area (Å²) in [5, 5.41) is 8.69. The molecule has 1 amide bonds. The molecule has 0 spiro atoms. The fourth-order valence-corrected chi connectivity index (χ4v) is 2.42. The minimum absolute atomic E-state index is 0.0175. The third-order valence-corrected chi connectivity index (χ3v) is 3.82. The molecule has 3 N–H and O–H groups in total. The number of nitrogens with one attached hydrogen (secondary N) is 3. The van der Waals surface area contributed by atoms with Crippen LogP contribution in [0.15, 0.2) is 53.5 Å². The van der Waals surface area contributed by atoms with Crippen LogP contribution in [0.25, 0.3) is 0 Å². The molecule has 2 rings (SSSR count). The van der Waals surface area contributed by atoms with Crippen LogP contribution in [0.2, 0.25) is 0 Å². The molecule has 0 radical (unpaired) electrons. The van der Waals surface area contributed by atoms with Crippen LogP contribution < -0.4 is 20.7 Å². The zero-order valence-corrected chi connectivity index (χ0v) is 16.9.